The SMILES string of the molecule is O=C(Cc1ccccc1)N1CCCC(C(=O)N2CCN(C/C=C/c3ccccc3)CC2)C1. The van der Waals surface area contributed by atoms with Crippen LogP contribution in [0, 0.1) is 5.92 Å². The highest BCUT2D eigenvalue weighted by Crippen LogP contribution is 2.21. The minimum atomic E-state index is -0.0620. The summed E-state index contributed by atoms with van der Waals surface area (Å²) in [7, 11) is 0. The van der Waals surface area contributed by atoms with Crippen molar-refractivity contribution < 1.29 is 9.59 Å². The Hall–Kier alpha value is -2.92. The van der Waals surface area contributed by atoms with E-state index in [1.807, 2.05) is 58.3 Å². The third-order valence-corrected chi connectivity index (χ3v) is 6.48. The molecule has 1 unspecified atom stereocenters. The molecule has 0 spiro atoms. The smallest absolute Gasteiger partial charge is 0.227 e. The quantitative estimate of drug-likeness (QED) is 0.705. The van der Waals surface area contributed by atoms with Crippen molar-refractivity contribution in [2.75, 3.05) is 45.8 Å². The predicted molar refractivity (Wildman–Crippen MR) is 128 cm³/mol. The minimum absolute atomic E-state index is 0.0620. The molecule has 0 saturated carbocycles. The Morgan fingerprint density at radius 1 is 0.844 bits per heavy atom. The number of nitrogens with zero attached hydrogens (tertiary/aromatic N) is 3. The highest BCUT2D eigenvalue weighted by atomic mass is 16.2. The lowest BCUT2D eigenvalue weighted by Crippen LogP contribution is -2.53. The first kappa shape index (κ1) is 22.3. The van der Waals surface area contributed by atoms with Gasteiger partial charge in [-0.25, -0.2) is 0 Å². The molecule has 32 heavy (non-hydrogen) atoms. The highest BCUT2D eigenvalue weighted by Gasteiger charge is 2.32. The molecule has 2 saturated heterocycles. The molecule has 0 aliphatic carbocycles. The first-order valence-corrected chi connectivity index (χ1v) is 11.7. The second kappa shape index (κ2) is 11.1. The van der Waals surface area contributed by atoms with Crippen LogP contribution in [0.5, 0.6) is 0 Å². The van der Waals surface area contributed by atoms with Gasteiger partial charge in [-0.15, -0.1) is 0 Å². The lowest BCUT2D eigenvalue weighted by molar-refractivity contribution is -0.141. The Kier molecular flexibility index (Phi) is 7.73. The fraction of sp³-hybridized carbons (Fsp3) is 0.407. The van der Waals surface area contributed by atoms with E-state index in [9.17, 15) is 9.59 Å². The van der Waals surface area contributed by atoms with E-state index in [2.05, 4.69) is 29.2 Å². The Morgan fingerprint density at radius 3 is 2.25 bits per heavy atom. The van der Waals surface area contributed by atoms with Crippen molar-refractivity contribution in [3.8, 4) is 0 Å². The van der Waals surface area contributed by atoms with Crippen molar-refractivity contribution in [1.29, 1.82) is 0 Å². The zero-order valence-corrected chi connectivity index (χ0v) is 18.7. The molecule has 5 nitrogen and oxygen atoms in total. The molecule has 2 aliphatic rings. The van der Waals surface area contributed by atoms with Crippen LogP contribution in [0.25, 0.3) is 6.08 Å². The molecule has 2 heterocycles. The van der Waals surface area contributed by atoms with Crippen LogP contribution in [0.1, 0.15) is 24.0 Å². The van der Waals surface area contributed by atoms with E-state index in [0.29, 0.717) is 13.0 Å². The van der Waals surface area contributed by atoms with Crippen molar-refractivity contribution in [3.05, 3.63) is 77.9 Å². The van der Waals surface area contributed by atoms with Gasteiger partial charge in [0.1, 0.15) is 0 Å². The average molecular weight is 432 g/mol. The van der Waals surface area contributed by atoms with E-state index >= 15 is 0 Å². The van der Waals surface area contributed by atoms with Gasteiger partial charge in [0.15, 0.2) is 0 Å². The molecule has 0 aromatic heterocycles. The van der Waals surface area contributed by atoms with Gasteiger partial charge in [-0.1, -0.05) is 72.8 Å². The first-order valence-electron chi connectivity index (χ1n) is 11.7. The molecule has 2 amide bonds. The van der Waals surface area contributed by atoms with Gasteiger partial charge in [0.25, 0.3) is 0 Å². The van der Waals surface area contributed by atoms with Crippen molar-refractivity contribution in [1.82, 2.24) is 14.7 Å². The molecule has 0 bridgehead atoms. The molecule has 0 radical (unpaired) electrons. The molecular weight excluding hydrogens is 398 g/mol. The summed E-state index contributed by atoms with van der Waals surface area (Å²) < 4.78 is 0. The van der Waals surface area contributed by atoms with Crippen LogP contribution < -0.4 is 0 Å². The van der Waals surface area contributed by atoms with Gasteiger partial charge >= 0.3 is 0 Å². The van der Waals surface area contributed by atoms with Crippen molar-refractivity contribution in [2.45, 2.75) is 19.3 Å². The van der Waals surface area contributed by atoms with Crippen LogP contribution in [0.2, 0.25) is 0 Å². The number of piperidine rings is 1. The fourth-order valence-electron chi connectivity index (χ4n) is 4.60. The Labute approximate surface area is 191 Å². The number of hydrogen-bond donors (Lipinski definition) is 0. The first-order chi connectivity index (χ1) is 15.7. The summed E-state index contributed by atoms with van der Waals surface area (Å²) >= 11 is 0. The van der Waals surface area contributed by atoms with E-state index in [1.165, 1.54) is 5.56 Å². The van der Waals surface area contributed by atoms with Crippen LogP contribution in [0.3, 0.4) is 0 Å². The van der Waals surface area contributed by atoms with E-state index in [4.69, 9.17) is 0 Å². The van der Waals surface area contributed by atoms with E-state index in [0.717, 1.165) is 57.7 Å². The molecule has 0 N–H and O–H groups in total. The molecule has 4 rings (SSSR count). The summed E-state index contributed by atoms with van der Waals surface area (Å²) in [6, 6.07) is 20.2. The van der Waals surface area contributed by atoms with Crippen molar-refractivity contribution >= 4 is 17.9 Å². The number of piperazine rings is 1. The summed E-state index contributed by atoms with van der Waals surface area (Å²) in [6.07, 6.45) is 6.55. The maximum absolute atomic E-state index is 13.1. The number of amides is 2. The van der Waals surface area contributed by atoms with E-state index in [-0.39, 0.29) is 17.7 Å². The zero-order chi connectivity index (χ0) is 22.2. The topological polar surface area (TPSA) is 43.9 Å². The second-order valence-electron chi connectivity index (χ2n) is 8.78. The number of benzene rings is 2. The molecule has 2 fully saturated rings. The third kappa shape index (κ3) is 6.07. The summed E-state index contributed by atoms with van der Waals surface area (Å²) in [4.78, 5) is 32.2. The minimum Gasteiger partial charge on any atom is -0.342 e. The second-order valence-corrected chi connectivity index (χ2v) is 8.78. The molecular formula is C27H33N3O2. The Bertz CT molecular complexity index is 905. The van der Waals surface area contributed by atoms with Gasteiger partial charge in [0.2, 0.25) is 11.8 Å². The van der Waals surface area contributed by atoms with Gasteiger partial charge in [-0.05, 0) is 24.0 Å². The van der Waals surface area contributed by atoms with Crippen LogP contribution in [-0.2, 0) is 16.0 Å². The Morgan fingerprint density at radius 2 is 1.53 bits per heavy atom. The number of carbonyl (C=O) groups is 2. The molecule has 168 valence electrons. The van der Waals surface area contributed by atoms with Gasteiger partial charge in [0.05, 0.1) is 12.3 Å². The lowest BCUT2D eigenvalue weighted by Gasteiger charge is -2.38. The van der Waals surface area contributed by atoms with Crippen LogP contribution >= 0.6 is 0 Å². The van der Waals surface area contributed by atoms with Gasteiger partial charge < -0.3 is 9.80 Å². The summed E-state index contributed by atoms with van der Waals surface area (Å²) in [5.41, 5.74) is 2.24. The average Bonchev–Trinajstić information content (AvgIpc) is 2.85. The standard InChI is InChI=1S/C27H33N3O2/c31-26(21-24-11-5-2-6-12-24)30-16-8-14-25(22-30)27(32)29-19-17-28(18-20-29)15-7-13-23-9-3-1-4-10-23/h1-7,9-13,25H,8,14-22H2/b13-7+. The monoisotopic (exact) mass is 431 g/mol. The third-order valence-electron chi connectivity index (χ3n) is 6.48. The highest BCUT2D eigenvalue weighted by molar-refractivity contribution is 5.82. The van der Waals surface area contributed by atoms with E-state index in [1.54, 1.807) is 0 Å². The summed E-state index contributed by atoms with van der Waals surface area (Å²) in [5, 5.41) is 0. The van der Waals surface area contributed by atoms with Crippen molar-refractivity contribution in [2.24, 2.45) is 5.92 Å². The number of likely N-dealkylation sites (tertiary alicyclic amines) is 1. The van der Waals surface area contributed by atoms with Crippen LogP contribution in [0.15, 0.2) is 66.7 Å². The molecule has 2 aromatic carbocycles. The van der Waals surface area contributed by atoms with Crippen LogP contribution in [-0.4, -0.2) is 72.3 Å². The molecule has 2 aliphatic heterocycles. The summed E-state index contributed by atoms with van der Waals surface area (Å²) in [6.45, 7) is 5.56. The van der Waals surface area contributed by atoms with Gasteiger partial charge in [-0.3, -0.25) is 14.5 Å². The Balaban J connectivity index is 1.23. The van der Waals surface area contributed by atoms with Gasteiger partial charge in [-0.2, -0.15) is 0 Å². The molecule has 2 aromatic rings. The normalized spacial score (nSPS) is 19.9. The predicted octanol–water partition coefficient (Wildman–Crippen LogP) is 3.33. The van der Waals surface area contributed by atoms with Gasteiger partial charge in [0, 0.05) is 45.8 Å². The zero-order valence-electron chi connectivity index (χ0n) is 18.7. The maximum atomic E-state index is 13.1. The van der Waals surface area contributed by atoms with Crippen molar-refractivity contribution in [3.63, 3.8) is 0 Å². The number of hydrogen-bond acceptors (Lipinski definition) is 3. The van der Waals surface area contributed by atoms with Crippen LogP contribution in [0.4, 0.5) is 0 Å². The lowest BCUT2D eigenvalue weighted by atomic mass is 9.95. The summed E-state index contributed by atoms with van der Waals surface area (Å²) in [5.74, 6) is 0.290. The number of carbonyl (C=O) groups excluding carboxylic acids is 2. The fourth-order valence-corrected chi connectivity index (χ4v) is 4.60. The maximum Gasteiger partial charge on any atom is 0.227 e. The molecule has 5 heteroatoms. The molecule has 1 atom stereocenters. The number of rotatable bonds is 6. The largest absolute Gasteiger partial charge is 0.342 e. The van der Waals surface area contributed by atoms with E-state index < -0.39 is 0 Å².